The van der Waals surface area contributed by atoms with E-state index in [0.717, 1.165) is 18.4 Å². The zero-order valence-electron chi connectivity index (χ0n) is 16.3. The molecule has 1 aromatic rings. The van der Waals surface area contributed by atoms with Crippen LogP contribution in [0.1, 0.15) is 45.1 Å². The highest BCUT2D eigenvalue weighted by molar-refractivity contribution is 5.85. The van der Waals surface area contributed by atoms with Crippen LogP contribution < -0.4 is 10.6 Å². The third-order valence-electron chi connectivity index (χ3n) is 4.76. The van der Waals surface area contributed by atoms with Gasteiger partial charge in [-0.1, -0.05) is 30.3 Å². The molecule has 2 rings (SSSR count). The summed E-state index contributed by atoms with van der Waals surface area (Å²) < 4.78 is 0. The Kier molecular flexibility index (Phi) is 7.03. The van der Waals surface area contributed by atoms with Crippen molar-refractivity contribution in [1.29, 1.82) is 0 Å². The van der Waals surface area contributed by atoms with Crippen LogP contribution >= 0.6 is 0 Å². The smallest absolute Gasteiger partial charge is 0.243 e. The molecule has 0 aromatic heterocycles. The average Bonchev–Trinajstić information content (AvgIpc) is 2.61. The van der Waals surface area contributed by atoms with Gasteiger partial charge in [0.2, 0.25) is 5.91 Å². The number of hydrogen-bond acceptors (Lipinski definition) is 3. The topological polar surface area (TPSA) is 77.0 Å². The van der Waals surface area contributed by atoms with Crippen molar-refractivity contribution in [2.24, 2.45) is 4.99 Å². The highest BCUT2D eigenvalue weighted by Crippen LogP contribution is 2.36. The number of carbonyl (C=O) groups excluding carboxylic acids is 1. The molecule has 1 fully saturated rings. The van der Waals surface area contributed by atoms with Crippen molar-refractivity contribution >= 4 is 11.9 Å². The van der Waals surface area contributed by atoms with Crippen molar-refractivity contribution < 1.29 is 9.90 Å². The predicted molar refractivity (Wildman–Crippen MR) is 105 cm³/mol. The minimum atomic E-state index is -0.747. The molecule has 0 aliphatic heterocycles. The summed E-state index contributed by atoms with van der Waals surface area (Å²) in [6.07, 6.45) is 3.12. The van der Waals surface area contributed by atoms with Crippen molar-refractivity contribution in [2.45, 2.75) is 57.2 Å². The molecular weight excluding hydrogens is 328 g/mol. The molecule has 1 aliphatic carbocycles. The lowest BCUT2D eigenvalue weighted by Crippen LogP contribution is -2.49. The molecule has 144 valence electrons. The second-order valence-corrected chi connectivity index (χ2v) is 7.57. The first-order valence-corrected chi connectivity index (χ1v) is 9.36. The molecule has 0 spiro atoms. The summed E-state index contributed by atoms with van der Waals surface area (Å²) in [5.41, 5.74) is 0.243. The van der Waals surface area contributed by atoms with Crippen molar-refractivity contribution in [3.63, 3.8) is 0 Å². The molecule has 1 amide bonds. The van der Waals surface area contributed by atoms with Crippen molar-refractivity contribution in [2.75, 3.05) is 20.6 Å². The van der Waals surface area contributed by atoms with Gasteiger partial charge in [-0.3, -0.25) is 4.79 Å². The van der Waals surface area contributed by atoms with Gasteiger partial charge in [-0.25, -0.2) is 4.99 Å². The number of guanidine groups is 1. The van der Waals surface area contributed by atoms with Gasteiger partial charge in [-0.05, 0) is 45.1 Å². The quantitative estimate of drug-likeness (QED) is 0.553. The largest absolute Gasteiger partial charge is 0.385 e. The van der Waals surface area contributed by atoms with Gasteiger partial charge in [0.05, 0.1) is 5.60 Å². The molecule has 3 N–H and O–H groups in total. The van der Waals surface area contributed by atoms with Crippen molar-refractivity contribution in [3.05, 3.63) is 35.9 Å². The molecule has 0 saturated heterocycles. The van der Waals surface area contributed by atoms with Crippen molar-refractivity contribution in [1.82, 2.24) is 15.5 Å². The standard InChI is InChI=1S/C20H32N4O2/c1-15(2)22-19(21-14-18(25)24(3)4)23-17-10-12-20(26,13-11-17)16-8-6-5-7-9-16/h5-9,15,17,26H,10-14H2,1-4H3,(H2,21,22,23). The lowest BCUT2D eigenvalue weighted by atomic mass is 9.78. The van der Waals surface area contributed by atoms with Crippen LogP contribution in [-0.4, -0.2) is 54.6 Å². The maximum atomic E-state index is 11.8. The van der Waals surface area contributed by atoms with E-state index in [1.165, 1.54) is 4.90 Å². The molecule has 1 aliphatic rings. The number of nitrogens with zero attached hydrogens (tertiary/aromatic N) is 2. The Bertz CT molecular complexity index is 605. The summed E-state index contributed by atoms with van der Waals surface area (Å²) in [6, 6.07) is 10.4. The third-order valence-corrected chi connectivity index (χ3v) is 4.76. The molecule has 0 unspecified atom stereocenters. The molecule has 0 atom stereocenters. The van der Waals surface area contributed by atoms with Crippen LogP contribution in [0.5, 0.6) is 0 Å². The monoisotopic (exact) mass is 360 g/mol. The number of nitrogens with one attached hydrogen (secondary N) is 2. The minimum absolute atomic E-state index is 0.0306. The maximum Gasteiger partial charge on any atom is 0.243 e. The Balaban J connectivity index is 1.96. The summed E-state index contributed by atoms with van der Waals surface area (Å²) in [7, 11) is 3.46. The van der Waals surface area contributed by atoms with E-state index in [-0.39, 0.29) is 24.5 Å². The van der Waals surface area contributed by atoms with Crippen molar-refractivity contribution in [3.8, 4) is 0 Å². The number of aliphatic hydroxyl groups is 1. The Morgan fingerprint density at radius 2 is 1.88 bits per heavy atom. The third kappa shape index (κ3) is 5.73. The Labute approximate surface area is 156 Å². The fourth-order valence-electron chi connectivity index (χ4n) is 3.16. The minimum Gasteiger partial charge on any atom is -0.385 e. The SMILES string of the molecule is CC(C)NC(=NCC(=O)N(C)C)NC1CCC(O)(c2ccccc2)CC1. The predicted octanol–water partition coefficient (Wildman–Crippen LogP) is 1.85. The fraction of sp³-hybridized carbons (Fsp3) is 0.600. The Morgan fingerprint density at radius 1 is 1.27 bits per heavy atom. The lowest BCUT2D eigenvalue weighted by Gasteiger charge is -2.37. The molecule has 0 radical (unpaired) electrons. The second-order valence-electron chi connectivity index (χ2n) is 7.57. The Hall–Kier alpha value is -2.08. The lowest BCUT2D eigenvalue weighted by molar-refractivity contribution is -0.127. The number of aliphatic imine (C=N–C) groups is 1. The van der Waals surface area contributed by atoms with E-state index in [4.69, 9.17) is 0 Å². The summed E-state index contributed by atoms with van der Waals surface area (Å²) in [4.78, 5) is 17.8. The molecule has 1 aromatic carbocycles. The van der Waals surface area contributed by atoms with E-state index in [1.54, 1.807) is 14.1 Å². The summed E-state index contributed by atoms with van der Waals surface area (Å²) in [6.45, 7) is 4.20. The zero-order valence-corrected chi connectivity index (χ0v) is 16.3. The molecule has 26 heavy (non-hydrogen) atoms. The number of amides is 1. The number of benzene rings is 1. The van der Waals surface area contributed by atoms with E-state index in [2.05, 4.69) is 15.6 Å². The van der Waals surface area contributed by atoms with Gasteiger partial charge in [0.1, 0.15) is 6.54 Å². The van der Waals surface area contributed by atoms with Crippen LogP contribution in [0.25, 0.3) is 0 Å². The summed E-state index contributed by atoms with van der Waals surface area (Å²) >= 11 is 0. The van der Waals surface area contributed by atoms with Crippen LogP contribution in [-0.2, 0) is 10.4 Å². The van der Waals surface area contributed by atoms with Gasteiger partial charge in [0.25, 0.3) is 0 Å². The second kappa shape index (κ2) is 9.03. The number of rotatable bonds is 5. The van der Waals surface area contributed by atoms with Gasteiger partial charge >= 0.3 is 0 Å². The normalized spacial score (nSPS) is 23.6. The first-order chi connectivity index (χ1) is 12.3. The zero-order chi connectivity index (χ0) is 19.2. The average molecular weight is 361 g/mol. The van der Waals surface area contributed by atoms with Crippen LogP contribution in [0.4, 0.5) is 0 Å². The highest BCUT2D eigenvalue weighted by Gasteiger charge is 2.34. The van der Waals surface area contributed by atoms with Gasteiger partial charge in [-0.15, -0.1) is 0 Å². The van der Waals surface area contributed by atoms with Gasteiger partial charge in [0, 0.05) is 26.2 Å². The van der Waals surface area contributed by atoms with E-state index < -0.39 is 5.60 Å². The van der Waals surface area contributed by atoms with E-state index in [0.29, 0.717) is 18.8 Å². The van der Waals surface area contributed by atoms with Gasteiger partial charge in [0.15, 0.2) is 5.96 Å². The van der Waals surface area contributed by atoms with Crippen LogP contribution in [0.2, 0.25) is 0 Å². The number of hydrogen-bond donors (Lipinski definition) is 3. The van der Waals surface area contributed by atoms with Crippen LogP contribution in [0.15, 0.2) is 35.3 Å². The van der Waals surface area contributed by atoms with Crippen LogP contribution in [0.3, 0.4) is 0 Å². The highest BCUT2D eigenvalue weighted by atomic mass is 16.3. The van der Waals surface area contributed by atoms with Gasteiger partial charge < -0.3 is 20.6 Å². The first kappa shape index (κ1) is 20.2. The maximum absolute atomic E-state index is 11.8. The molecule has 0 bridgehead atoms. The van der Waals surface area contributed by atoms with E-state index in [9.17, 15) is 9.90 Å². The van der Waals surface area contributed by atoms with Crippen LogP contribution in [0, 0.1) is 0 Å². The molecule has 6 heteroatoms. The van der Waals surface area contributed by atoms with E-state index >= 15 is 0 Å². The number of carbonyl (C=O) groups is 1. The molecular formula is C20H32N4O2. The molecule has 6 nitrogen and oxygen atoms in total. The molecule has 0 heterocycles. The van der Waals surface area contributed by atoms with Gasteiger partial charge in [-0.2, -0.15) is 0 Å². The number of likely N-dealkylation sites (N-methyl/N-ethyl adjacent to an activating group) is 1. The van der Waals surface area contributed by atoms with E-state index in [1.807, 2.05) is 44.2 Å². The first-order valence-electron chi connectivity index (χ1n) is 9.36. The summed E-state index contributed by atoms with van der Waals surface area (Å²) in [5, 5.41) is 17.7. The Morgan fingerprint density at radius 3 is 2.42 bits per heavy atom. The molecule has 1 saturated carbocycles. The fourth-order valence-corrected chi connectivity index (χ4v) is 3.16. The summed E-state index contributed by atoms with van der Waals surface area (Å²) in [5.74, 6) is 0.627.